The summed E-state index contributed by atoms with van der Waals surface area (Å²) < 4.78 is 25.5. The second kappa shape index (κ2) is 5.37. The minimum absolute atomic E-state index is 0.168. The van der Waals surface area contributed by atoms with Crippen molar-refractivity contribution in [2.75, 3.05) is 5.32 Å². The fourth-order valence-electron chi connectivity index (χ4n) is 1.77. The van der Waals surface area contributed by atoms with Crippen molar-refractivity contribution in [2.24, 2.45) is 0 Å². The normalized spacial score (nSPS) is 11.2. The Morgan fingerprint density at radius 1 is 0.905 bits per heavy atom. The summed E-state index contributed by atoms with van der Waals surface area (Å²) in [6, 6.07) is 17.4. The van der Waals surface area contributed by atoms with Gasteiger partial charge in [0.15, 0.2) is 0 Å². The number of nitrogens with zero attached hydrogens (tertiary/aromatic N) is 3. The lowest BCUT2D eigenvalue weighted by molar-refractivity contribution is 0.580. The van der Waals surface area contributed by atoms with Crippen LogP contribution in [0.1, 0.15) is 0 Å². The first-order chi connectivity index (χ1) is 10.2. The molecule has 0 aliphatic rings. The molecule has 0 bridgehead atoms. The Morgan fingerprint density at radius 2 is 1.52 bits per heavy atom. The van der Waals surface area contributed by atoms with Gasteiger partial charge in [-0.05, 0) is 24.3 Å². The zero-order valence-corrected chi connectivity index (χ0v) is 11.7. The summed E-state index contributed by atoms with van der Waals surface area (Å²) in [6.45, 7) is 0. The summed E-state index contributed by atoms with van der Waals surface area (Å²) in [6.07, 6.45) is 1.17. The van der Waals surface area contributed by atoms with Gasteiger partial charge in [-0.3, -0.25) is 0 Å². The van der Waals surface area contributed by atoms with Gasteiger partial charge in [0.1, 0.15) is 6.33 Å². The number of hydrogen-bond donors (Lipinski definition) is 1. The first kappa shape index (κ1) is 13.3. The van der Waals surface area contributed by atoms with E-state index < -0.39 is 10.0 Å². The van der Waals surface area contributed by atoms with Crippen LogP contribution in [0.25, 0.3) is 0 Å². The van der Waals surface area contributed by atoms with Gasteiger partial charge >= 0.3 is 0 Å². The van der Waals surface area contributed by atoms with E-state index in [4.69, 9.17) is 0 Å². The molecule has 106 valence electrons. The van der Waals surface area contributed by atoms with E-state index in [0.29, 0.717) is 0 Å². The van der Waals surface area contributed by atoms with E-state index in [0.717, 1.165) is 9.77 Å². The van der Waals surface area contributed by atoms with Crippen molar-refractivity contribution in [2.45, 2.75) is 4.90 Å². The maximum absolute atomic E-state index is 12.3. The van der Waals surface area contributed by atoms with Crippen molar-refractivity contribution in [3.8, 4) is 0 Å². The number of benzene rings is 2. The molecule has 6 nitrogen and oxygen atoms in total. The molecule has 2 aromatic carbocycles. The number of para-hydroxylation sites is 1. The lowest BCUT2D eigenvalue weighted by atomic mass is 10.3. The Kier molecular flexibility index (Phi) is 3.41. The van der Waals surface area contributed by atoms with Gasteiger partial charge in [0.2, 0.25) is 5.95 Å². The van der Waals surface area contributed by atoms with E-state index in [9.17, 15) is 8.42 Å². The highest BCUT2D eigenvalue weighted by Gasteiger charge is 2.18. The predicted octanol–water partition coefficient (Wildman–Crippen LogP) is 2.26. The number of anilines is 2. The molecule has 3 rings (SSSR count). The second-order valence-electron chi connectivity index (χ2n) is 4.25. The molecular weight excluding hydrogens is 288 g/mol. The Bertz CT molecular complexity index is 830. The molecule has 3 aromatic rings. The molecule has 0 fully saturated rings. The predicted molar refractivity (Wildman–Crippen MR) is 78.8 cm³/mol. The Morgan fingerprint density at radius 3 is 2.19 bits per heavy atom. The molecule has 0 radical (unpaired) electrons. The van der Waals surface area contributed by atoms with Crippen LogP contribution in [0, 0.1) is 0 Å². The third-order valence-corrected chi connectivity index (χ3v) is 4.33. The van der Waals surface area contributed by atoms with E-state index in [1.807, 2.05) is 30.3 Å². The van der Waals surface area contributed by atoms with Crippen LogP contribution in [0.2, 0.25) is 0 Å². The second-order valence-corrected chi connectivity index (χ2v) is 6.05. The van der Waals surface area contributed by atoms with E-state index in [2.05, 4.69) is 15.4 Å². The van der Waals surface area contributed by atoms with Crippen LogP contribution in [0.5, 0.6) is 0 Å². The topological polar surface area (TPSA) is 76.9 Å². The highest BCUT2D eigenvalue weighted by Crippen LogP contribution is 2.15. The van der Waals surface area contributed by atoms with Gasteiger partial charge in [-0.1, -0.05) is 36.4 Å². The number of rotatable bonds is 4. The zero-order valence-electron chi connectivity index (χ0n) is 10.9. The Labute approximate surface area is 122 Å². The zero-order chi connectivity index (χ0) is 14.7. The molecule has 0 aliphatic carbocycles. The molecule has 0 amide bonds. The van der Waals surface area contributed by atoms with Crippen LogP contribution >= 0.6 is 0 Å². The Balaban J connectivity index is 1.89. The summed E-state index contributed by atoms with van der Waals surface area (Å²) in [5, 5.41) is 6.90. The van der Waals surface area contributed by atoms with Gasteiger partial charge in [0, 0.05) is 5.69 Å². The van der Waals surface area contributed by atoms with Gasteiger partial charge in [-0.25, -0.2) is 0 Å². The average molecular weight is 300 g/mol. The molecule has 1 heterocycles. The molecule has 0 unspecified atom stereocenters. The highest BCUT2D eigenvalue weighted by molar-refractivity contribution is 7.89. The van der Waals surface area contributed by atoms with E-state index in [1.165, 1.54) is 18.5 Å². The van der Waals surface area contributed by atoms with E-state index in [1.54, 1.807) is 18.2 Å². The number of nitrogens with one attached hydrogen (secondary N) is 1. The van der Waals surface area contributed by atoms with Crippen molar-refractivity contribution < 1.29 is 8.42 Å². The largest absolute Gasteiger partial charge is 0.323 e. The molecule has 21 heavy (non-hydrogen) atoms. The van der Waals surface area contributed by atoms with Crippen LogP contribution in [-0.4, -0.2) is 22.6 Å². The monoisotopic (exact) mass is 300 g/mol. The third kappa shape index (κ3) is 2.77. The smallest absolute Gasteiger partial charge is 0.284 e. The fraction of sp³-hybridized carbons (Fsp3) is 0. The van der Waals surface area contributed by atoms with Gasteiger partial charge in [0.25, 0.3) is 10.0 Å². The Hall–Kier alpha value is -2.67. The maximum Gasteiger partial charge on any atom is 0.284 e. The van der Waals surface area contributed by atoms with Gasteiger partial charge in [0.05, 0.1) is 4.90 Å². The van der Waals surface area contributed by atoms with E-state index >= 15 is 0 Å². The van der Waals surface area contributed by atoms with Crippen LogP contribution in [-0.2, 0) is 10.0 Å². The van der Waals surface area contributed by atoms with Crippen molar-refractivity contribution in [1.82, 2.24) is 14.2 Å². The van der Waals surface area contributed by atoms with Crippen LogP contribution in [0.4, 0.5) is 11.6 Å². The average Bonchev–Trinajstić information content (AvgIpc) is 2.98. The first-order valence-corrected chi connectivity index (χ1v) is 7.65. The van der Waals surface area contributed by atoms with E-state index in [-0.39, 0.29) is 10.8 Å². The lowest BCUT2D eigenvalue weighted by Crippen LogP contribution is -2.13. The first-order valence-electron chi connectivity index (χ1n) is 6.21. The fourth-order valence-corrected chi connectivity index (χ4v) is 2.85. The summed E-state index contributed by atoms with van der Waals surface area (Å²) >= 11 is 0. The van der Waals surface area contributed by atoms with Crippen LogP contribution in [0.15, 0.2) is 71.9 Å². The standard InChI is InChI=1S/C14H12N4O2S/c19-21(20,13-9-5-2-6-10-13)18-11-15-14(17-18)16-12-7-3-1-4-8-12/h1-11H,(H,16,17). The summed E-state index contributed by atoms with van der Waals surface area (Å²) in [7, 11) is -3.71. The molecular formula is C14H12N4O2S. The minimum Gasteiger partial charge on any atom is -0.323 e. The number of aromatic nitrogens is 3. The molecule has 7 heteroatoms. The molecule has 0 atom stereocenters. The van der Waals surface area contributed by atoms with Crippen LogP contribution < -0.4 is 5.32 Å². The lowest BCUT2D eigenvalue weighted by Gasteiger charge is -2.03. The molecule has 0 aliphatic heterocycles. The van der Waals surface area contributed by atoms with Crippen molar-refractivity contribution in [1.29, 1.82) is 0 Å². The van der Waals surface area contributed by atoms with Gasteiger partial charge in [-0.2, -0.15) is 13.4 Å². The SMILES string of the molecule is O=S(=O)(c1ccccc1)n1cnc(Nc2ccccc2)n1. The highest BCUT2D eigenvalue weighted by atomic mass is 32.2. The van der Waals surface area contributed by atoms with Crippen molar-refractivity contribution in [3.63, 3.8) is 0 Å². The summed E-state index contributed by atoms with van der Waals surface area (Å²) in [5.41, 5.74) is 0.785. The third-order valence-electron chi connectivity index (χ3n) is 2.79. The van der Waals surface area contributed by atoms with Crippen molar-refractivity contribution in [3.05, 3.63) is 67.0 Å². The van der Waals surface area contributed by atoms with Gasteiger partial charge in [-0.15, -0.1) is 9.19 Å². The molecule has 1 N–H and O–H groups in total. The molecule has 1 aromatic heterocycles. The number of hydrogen-bond acceptors (Lipinski definition) is 5. The minimum atomic E-state index is -3.71. The summed E-state index contributed by atoms with van der Waals surface area (Å²) in [4.78, 5) is 4.13. The summed E-state index contributed by atoms with van der Waals surface area (Å²) in [5.74, 6) is 0.223. The maximum atomic E-state index is 12.3. The molecule has 0 saturated heterocycles. The van der Waals surface area contributed by atoms with Crippen molar-refractivity contribution >= 4 is 21.7 Å². The van der Waals surface area contributed by atoms with Crippen LogP contribution in [0.3, 0.4) is 0 Å². The molecule has 0 saturated carbocycles. The quantitative estimate of drug-likeness (QED) is 0.799. The molecule has 0 spiro atoms. The van der Waals surface area contributed by atoms with Gasteiger partial charge < -0.3 is 5.32 Å².